The second-order valence-corrected chi connectivity index (χ2v) is 8.50. The van der Waals surface area contributed by atoms with Gasteiger partial charge in [-0.1, -0.05) is 26.7 Å². The number of hydrogen-bond donors (Lipinski definition) is 1. The van der Waals surface area contributed by atoms with Crippen LogP contribution in [0.3, 0.4) is 0 Å². The maximum atomic E-state index is 12.4. The van der Waals surface area contributed by atoms with Crippen molar-refractivity contribution >= 4 is 10.0 Å². The summed E-state index contributed by atoms with van der Waals surface area (Å²) >= 11 is 0. The summed E-state index contributed by atoms with van der Waals surface area (Å²) in [4.78, 5) is 0. The van der Waals surface area contributed by atoms with E-state index in [-0.39, 0.29) is 11.8 Å². The molecule has 0 aromatic heterocycles. The van der Waals surface area contributed by atoms with E-state index in [1.54, 1.807) is 4.31 Å². The van der Waals surface area contributed by atoms with Crippen LogP contribution in [0.2, 0.25) is 0 Å². The molecule has 19 heavy (non-hydrogen) atoms. The number of hydrogen-bond acceptors (Lipinski definition) is 3. The van der Waals surface area contributed by atoms with E-state index in [1.165, 1.54) is 6.42 Å². The van der Waals surface area contributed by atoms with Crippen molar-refractivity contribution in [3.8, 4) is 0 Å². The molecular weight excluding hydrogens is 260 g/mol. The Hall–Kier alpha value is -0.130. The Morgan fingerprint density at radius 3 is 2.47 bits per heavy atom. The fourth-order valence-electron chi connectivity index (χ4n) is 3.08. The number of sulfonamides is 1. The van der Waals surface area contributed by atoms with Gasteiger partial charge in [0.25, 0.3) is 0 Å². The van der Waals surface area contributed by atoms with Gasteiger partial charge >= 0.3 is 0 Å². The summed E-state index contributed by atoms with van der Waals surface area (Å²) in [5.41, 5.74) is 0.342. The van der Waals surface area contributed by atoms with Gasteiger partial charge in [-0.25, -0.2) is 12.7 Å². The molecule has 0 saturated carbocycles. The lowest BCUT2D eigenvalue weighted by Crippen LogP contribution is -2.47. The summed E-state index contributed by atoms with van der Waals surface area (Å²) in [5, 5.41) is 3.34. The summed E-state index contributed by atoms with van der Waals surface area (Å²) in [5.74, 6) is 0.288. The van der Waals surface area contributed by atoms with E-state index in [4.69, 9.17) is 0 Å². The first-order valence-electron chi connectivity index (χ1n) is 7.66. The van der Waals surface area contributed by atoms with Gasteiger partial charge in [-0.2, -0.15) is 0 Å². The summed E-state index contributed by atoms with van der Waals surface area (Å²) in [6.07, 6.45) is 6.47. The van der Waals surface area contributed by atoms with E-state index in [9.17, 15) is 8.42 Å². The van der Waals surface area contributed by atoms with E-state index < -0.39 is 10.0 Å². The molecule has 4 nitrogen and oxygen atoms in total. The molecule has 0 bridgehead atoms. The molecule has 0 amide bonds. The van der Waals surface area contributed by atoms with Crippen LogP contribution in [-0.2, 0) is 10.0 Å². The zero-order valence-electron chi connectivity index (χ0n) is 12.3. The molecule has 1 unspecified atom stereocenters. The predicted molar refractivity (Wildman–Crippen MR) is 78.6 cm³/mol. The Morgan fingerprint density at radius 1 is 1.26 bits per heavy atom. The Balaban J connectivity index is 1.90. The van der Waals surface area contributed by atoms with Gasteiger partial charge in [-0.3, -0.25) is 0 Å². The van der Waals surface area contributed by atoms with Crippen LogP contribution in [0.25, 0.3) is 0 Å². The van der Waals surface area contributed by atoms with Crippen LogP contribution in [0.4, 0.5) is 0 Å². The molecule has 2 aliphatic rings. The molecule has 0 aliphatic carbocycles. The second kappa shape index (κ2) is 6.10. The quantitative estimate of drug-likeness (QED) is 0.860. The molecule has 0 radical (unpaired) electrons. The molecule has 0 aromatic carbocycles. The SMILES string of the molecule is CCC1(C)CCN(S(=O)(=O)CC2CCCCN2)CC1. The molecule has 1 atom stereocenters. The summed E-state index contributed by atoms with van der Waals surface area (Å²) in [6, 6.07) is 0.165. The number of rotatable bonds is 4. The number of nitrogens with zero attached hydrogens (tertiary/aromatic N) is 1. The third-order valence-corrected chi connectivity index (χ3v) is 6.98. The minimum atomic E-state index is -3.07. The van der Waals surface area contributed by atoms with Crippen molar-refractivity contribution in [3.63, 3.8) is 0 Å². The Labute approximate surface area is 118 Å². The fraction of sp³-hybridized carbons (Fsp3) is 1.00. The largest absolute Gasteiger partial charge is 0.313 e. The van der Waals surface area contributed by atoms with Crippen molar-refractivity contribution in [2.24, 2.45) is 5.41 Å². The highest BCUT2D eigenvalue weighted by Gasteiger charge is 2.34. The molecule has 112 valence electrons. The highest BCUT2D eigenvalue weighted by Crippen LogP contribution is 2.34. The van der Waals surface area contributed by atoms with Gasteiger partial charge < -0.3 is 5.32 Å². The first-order valence-corrected chi connectivity index (χ1v) is 9.27. The van der Waals surface area contributed by atoms with Gasteiger partial charge in [0, 0.05) is 19.1 Å². The molecule has 2 heterocycles. The average Bonchev–Trinajstić information content (AvgIpc) is 2.40. The first kappa shape index (κ1) is 15.3. The summed E-state index contributed by atoms with van der Waals surface area (Å²) < 4.78 is 26.6. The van der Waals surface area contributed by atoms with Crippen LogP contribution in [0.1, 0.15) is 52.4 Å². The minimum absolute atomic E-state index is 0.165. The number of piperidine rings is 2. The van der Waals surface area contributed by atoms with Gasteiger partial charge in [-0.05, 0) is 37.6 Å². The second-order valence-electron chi connectivity index (χ2n) is 6.49. The van der Waals surface area contributed by atoms with E-state index in [0.29, 0.717) is 18.5 Å². The first-order chi connectivity index (χ1) is 8.95. The van der Waals surface area contributed by atoms with Crippen molar-refractivity contribution in [1.82, 2.24) is 9.62 Å². The minimum Gasteiger partial charge on any atom is -0.313 e. The van der Waals surface area contributed by atoms with E-state index in [2.05, 4.69) is 19.2 Å². The van der Waals surface area contributed by atoms with Crippen molar-refractivity contribution < 1.29 is 8.42 Å². The molecule has 5 heteroatoms. The normalized spacial score (nSPS) is 29.3. The zero-order chi connectivity index (χ0) is 13.9. The van der Waals surface area contributed by atoms with Crippen molar-refractivity contribution in [2.75, 3.05) is 25.4 Å². The van der Waals surface area contributed by atoms with Gasteiger partial charge in [0.1, 0.15) is 0 Å². The number of nitrogens with one attached hydrogen (secondary N) is 1. The Kier molecular flexibility index (Phi) is 4.90. The lowest BCUT2D eigenvalue weighted by atomic mass is 9.79. The molecular formula is C14H28N2O2S. The van der Waals surface area contributed by atoms with Crippen molar-refractivity contribution in [2.45, 2.75) is 58.4 Å². The molecule has 0 spiro atoms. The highest BCUT2D eigenvalue weighted by atomic mass is 32.2. The summed E-state index contributed by atoms with van der Waals surface area (Å²) in [7, 11) is -3.07. The topological polar surface area (TPSA) is 49.4 Å². The van der Waals surface area contributed by atoms with Crippen LogP contribution < -0.4 is 5.32 Å². The van der Waals surface area contributed by atoms with Crippen molar-refractivity contribution in [3.05, 3.63) is 0 Å². The molecule has 0 aromatic rings. The van der Waals surface area contributed by atoms with Gasteiger partial charge in [-0.15, -0.1) is 0 Å². The molecule has 2 aliphatic heterocycles. The maximum absolute atomic E-state index is 12.4. The molecule has 2 fully saturated rings. The lowest BCUT2D eigenvalue weighted by molar-refractivity contribution is 0.168. The fourth-order valence-corrected chi connectivity index (χ4v) is 4.83. The van der Waals surface area contributed by atoms with E-state index in [0.717, 1.165) is 38.6 Å². The molecule has 2 rings (SSSR count). The van der Waals surface area contributed by atoms with Crippen LogP contribution in [0.15, 0.2) is 0 Å². The molecule has 2 saturated heterocycles. The highest BCUT2D eigenvalue weighted by molar-refractivity contribution is 7.89. The lowest BCUT2D eigenvalue weighted by Gasteiger charge is -2.38. The summed E-state index contributed by atoms with van der Waals surface area (Å²) in [6.45, 7) is 6.86. The van der Waals surface area contributed by atoms with E-state index >= 15 is 0 Å². The van der Waals surface area contributed by atoms with Gasteiger partial charge in [0.2, 0.25) is 10.0 Å². The Bertz CT molecular complexity index is 380. The molecule has 1 N–H and O–H groups in total. The van der Waals surface area contributed by atoms with E-state index in [1.807, 2.05) is 0 Å². The van der Waals surface area contributed by atoms with Crippen LogP contribution in [-0.4, -0.2) is 44.2 Å². The third kappa shape index (κ3) is 3.92. The standard InChI is InChI=1S/C14H28N2O2S/c1-3-14(2)7-10-16(11-8-14)19(17,18)12-13-6-4-5-9-15-13/h13,15H,3-12H2,1-2H3. The van der Waals surface area contributed by atoms with Gasteiger partial charge in [0.05, 0.1) is 5.75 Å². The van der Waals surface area contributed by atoms with Crippen LogP contribution >= 0.6 is 0 Å². The Morgan fingerprint density at radius 2 is 1.95 bits per heavy atom. The van der Waals surface area contributed by atoms with Gasteiger partial charge in [0.15, 0.2) is 0 Å². The third-order valence-electron chi connectivity index (χ3n) is 5.00. The monoisotopic (exact) mass is 288 g/mol. The van der Waals surface area contributed by atoms with Crippen LogP contribution in [0.5, 0.6) is 0 Å². The van der Waals surface area contributed by atoms with Crippen LogP contribution in [0, 0.1) is 5.41 Å². The van der Waals surface area contributed by atoms with Crippen molar-refractivity contribution in [1.29, 1.82) is 0 Å². The zero-order valence-corrected chi connectivity index (χ0v) is 13.1. The average molecular weight is 288 g/mol. The smallest absolute Gasteiger partial charge is 0.215 e. The predicted octanol–water partition coefficient (Wildman–Crippen LogP) is 1.97. The maximum Gasteiger partial charge on any atom is 0.215 e.